The van der Waals surface area contributed by atoms with Crippen molar-refractivity contribution in [1.29, 1.82) is 0 Å². The summed E-state index contributed by atoms with van der Waals surface area (Å²) < 4.78 is 10.7. The molecule has 1 aromatic heterocycles. The number of ether oxygens (including phenoxy) is 2. The summed E-state index contributed by atoms with van der Waals surface area (Å²) in [5.74, 6) is 0.754. The summed E-state index contributed by atoms with van der Waals surface area (Å²) in [5, 5.41) is 5.81. The molecule has 0 unspecified atom stereocenters. The van der Waals surface area contributed by atoms with Crippen LogP contribution in [0.3, 0.4) is 0 Å². The second-order valence-electron chi connectivity index (χ2n) is 5.30. The Bertz CT molecular complexity index is 676. The highest BCUT2D eigenvalue weighted by Crippen LogP contribution is 2.26. The number of hydrogen-bond donors (Lipinski definition) is 2. The van der Waals surface area contributed by atoms with E-state index in [9.17, 15) is 4.79 Å². The third-order valence-electron chi connectivity index (χ3n) is 2.98. The third kappa shape index (κ3) is 5.20. The lowest BCUT2D eigenvalue weighted by molar-refractivity contribution is 0.0932. The van der Waals surface area contributed by atoms with Gasteiger partial charge in [0.15, 0.2) is 0 Å². The number of rotatable bonds is 8. The first-order valence-corrected chi connectivity index (χ1v) is 7.73. The number of carbonyl (C=O) groups is 1. The van der Waals surface area contributed by atoms with E-state index in [1.807, 2.05) is 38.1 Å². The molecule has 0 aliphatic heterocycles. The van der Waals surface area contributed by atoms with Gasteiger partial charge in [-0.15, -0.1) is 0 Å². The molecule has 7 heteroatoms. The first kappa shape index (κ1) is 17.7. The molecule has 0 bridgehead atoms. The molecule has 0 aliphatic carbocycles. The zero-order valence-electron chi connectivity index (χ0n) is 14.1. The summed E-state index contributed by atoms with van der Waals surface area (Å²) in [4.78, 5) is 20.4. The van der Waals surface area contributed by atoms with Crippen LogP contribution in [0.4, 0.5) is 11.6 Å². The number of nitrogens with zero attached hydrogens (tertiary/aromatic N) is 2. The number of aromatic nitrogens is 2. The lowest BCUT2D eigenvalue weighted by atomic mass is 10.3. The van der Waals surface area contributed by atoms with Crippen LogP contribution in [0.1, 0.15) is 24.3 Å². The Morgan fingerprint density at radius 2 is 2.04 bits per heavy atom. The molecule has 0 saturated carbocycles. The maximum absolute atomic E-state index is 12.0. The minimum atomic E-state index is -0.274. The Morgan fingerprint density at radius 3 is 2.79 bits per heavy atom. The summed E-state index contributed by atoms with van der Waals surface area (Å²) in [5.41, 5.74) is 1.02. The van der Waals surface area contributed by atoms with E-state index in [0.717, 1.165) is 5.69 Å². The second kappa shape index (κ2) is 8.83. The maximum atomic E-state index is 12.0. The van der Waals surface area contributed by atoms with Gasteiger partial charge in [-0.25, -0.2) is 9.97 Å². The Balaban J connectivity index is 2.11. The number of hydrogen-bond acceptors (Lipinski definition) is 6. The predicted octanol–water partition coefficient (Wildman–Crippen LogP) is 2.38. The van der Waals surface area contributed by atoms with Gasteiger partial charge in [-0.2, -0.15) is 0 Å². The van der Waals surface area contributed by atoms with Gasteiger partial charge in [-0.05, 0) is 32.0 Å². The van der Waals surface area contributed by atoms with Gasteiger partial charge in [0.1, 0.15) is 11.4 Å². The number of benzene rings is 1. The van der Waals surface area contributed by atoms with E-state index in [1.165, 1.54) is 6.20 Å². The quantitative estimate of drug-likeness (QED) is 0.723. The maximum Gasteiger partial charge on any atom is 0.270 e. The number of amides is 1. The van der Waals surface area contributed by atoms with E-state index in [1.54, 1.807) is 13.2 Å². The van der Waals surface area contributed by atoms with Crippen molar-refractivity contribution >= 4 is 17.5 Å². The smallest absolute Gasteiger partial charge is 0.270 e. The minimum Gasteiger partial charge on any atom is -0.489 e. The van der Waals surface area contributed by atoms with Crippen molar-refractivity contribution in [1.82, 2.24) is 15.3 Å². The number of carbonyl (C=O) groups excluding carboxylic acids is 1. The van der Waals surface area contributed by atoms with Crippen molar-refractivity contribution in [3.8, 4) is 5.75 Å². The van der Waals surface area contributed by atoms with Crippen LogP contribution in [0.5, 0.6) is 5.75 Å². The van der Waals surface area contributed by atoms with E-state index < -0.39 is 0 Å². The van der Waals surface area contributed by atoms with Gasteiger partial charge in [0.25, 0.3) is 5.91 Å². The molecule has 1 aromatic carbocycles. The average Bonchev–Trinajstić information content (AvgIpc) is 2.56. The van der Waals surface area contributed by atoms with Crippen LogP contribution in [0.25, 0.3) is 0 Å². The summed E-state index contributed by atoms with van der Waals surface area (Å²) in [6, 6.07) is 9.07. The van der Waals surface area contributed by atoms with Crippen LogP contribution < -0.4 is 15.4 Å². The highest BCUT2D eigenvalue weighted by atomic mass is 16.5. The van der Waals surface area contributed by atoms with E-state index >= 15 is 0 Å². The average molecular weight is 330 g/mol. The van der Waals surface area contributed by atoms with Crippen molar-refractivity contribution in [3.05, 3.63) is 42.2 Å². The molecule has 1 heterocycles. The van der Waals surface area contributed by atoms with Crippen LogP contribution in [0.15, 0.2) is 36.5 Å². The topological polar surface area (TPSA) is 85.4 Å². The Kier molecular flexibility index (Phi) is 6.51. The molecule has 0 saturated heterocycles. The molecule has 1 amide bonds. The van der Waals surface area contributed by atoms with Crippen LogP contribution in [-0.4, -0.2) is 42.2 Å². The summed E-state index contributed by atoms with van der Waals surface area (Å²) >= 11 is 0. The molecular formula is C17H22N4O3. The largest absolute Gasteiger partial charge is 0.489 e. The van der Waals surface area contributed by atoms with Crippen LogP contribution >= 0.6 is 0 Å². The molecule has 2 rings (SSSR count). The number of para-hydroxylation sites is 2. The van der Waals surface area contributed by atoms with Gasteiger partial charge < -0.3 is 20.1 Å². The highest BCUT2D eigenvalue weighted by Gasteiger charge is 2.10. The molecular weight excluding hydrogens is 308 g/mol. The van der Waals surface area contributed by atoms with Crippen molar-refractivity contribution in [2.45, 2.75) is 20.0 Å². The van der Waals surface area contributed by atoms with Crippen molar-refractivity contribution < 1.29 is 14.3 Å². The molecule has 24 heavy (non-hydrogen) atoms. The standard InChI is InChI=1S/C17H22N4O3/c1-12(2)24-15-7-5-4-6-13(15)20-17-19-9-8-14(21-17)16(22)18-10-11-23-3/h4-9,12H,10-11H2,1-3H3,(H,18,22)(H,19,20,21). The fourth-order valence-electron chi connectivity index (χ4n) is 1.95. The van der Waals surface area contributed by atoms with E-state index in [-0.39, 0.29) is 17.7 Å². The van der Waals surface area contributed by atoms with Gasteiger partial charge in [0.05, 0.1) is 18.4 Å². The lowest BCUT2D eigenvalue weighted by Gasteiger charge is -2.14. The molecule has 0 spiro atoms. The zero-order chi connectivity index (χ0) is 17.4. The van der Waals surface area contributed by atoms with Crippen LogP contribution in [0, 0.1) is 0 Å². The molecule has 0 fully saturated rings. The van der Waals surface area contributed by atoms with Gasteiger partial charge in [-0.3, -0.25) is 4.79 Å². The molecule has 7 nitrogen and oxygen atoms in total. The van der Waals surface area contributed by atoms with Gasteiger partial charge in [0, 0.05) is 19.9 Å². The number of anilines is 2. The predicted molar refractivity (Wildman–Crippen MR) is 91.7 cm³/mol. The SMILES string of the molecule is COCCNC(=O)c1ccnc(Nc2ccccc2OC(C)C)n1. The fraction of sp³-hybridized carbons (Fsp3) is 0.353. The molecule has 2 aromatic rings. The van der Waals surface area contributed by atoms with Crippen LogP contribution in [0.2, 0.25) is 0 Å². The molecule has 0 radical (unpaired) electrons. The second-order valence-corrected chi connectivity index (χ2v) is 5.30. The number of methoxy groups -OCH3 is 1. The Hall–Kier alpha value is -2.67. The van der Waals surface area contributed by atoms with E-state index in [0.29, 0.717) is 24.8 Å². The normalized spacial score (nSPS) is 10.5. The molecule has 2 N–H and O–H groups in total. The molecule has 0 atom stereocenters. The van der Waals surface area contributed by atoms with Gasteiger partial charge in [-0.1, -0.05) is 12.1 Å². The highest BCUT2D eigenvalue weighted by molar-refractivity contribution is 5.92. The van der Waals surface area contributed by atoms with Crippen molar-refractivity contribution in [2.24, 2.45) is 0 Å². The zero-order valence-corrected chi connectivity index (χ0v) is 14.1. The monoisotopic (exact) mass is 330 g/mol. The Labute approximate surface area is 141 Å². The van der Waals surface area contributed by atoms with Gasteiger partial charge >= 0.3 is 0 Å². The minimum absolute atomic E-state index is 0.0479. The fourth-order valence-corrected chi connectivity index (χ4v) is 1.95. The summed E-state index contributed by atoms with van der Waals surface area (Å²) in [7, 11) is 1.58. The molecule has 0 aliphatic rings. The summed E-state index contributed by atoms with van der Waals surface area (Å²) in [6.45, 7) is 4.78. The van der Waals surface area contributed by atoms with Crippen LogP contribution in [-0.2, 0) is 4.74 Å². The lowest BCUT2D eigenvalue weighted by Crippen LogP contribution is -2.27. The number of nitrogens with one attached hydrogen (secondary N) is 2. The first-order chi connectivity index (χ1) is 11.6. The van der Waals surface area contributed by atoms with Crippen molar-refractivity contribution in [3.63, 3.8) is 0 Å². The Morgan fingerprint density at radius 1 is 1.25 bits per heavy atom. The van der Waals surface area contributed by atoms with E-state index in [2.05, 4.69) is 20.6 Å². The van der Waals surface area contributed by atoms with E-state index in [4.69, 9.17) is 9.47 Å². The van der Waals surface area contributed by atoms with Crippen molar-refractivity contribution in [2.75, 3.05) is 25.6 Å². The molecule has 128 valence electrons. The first-order valence-electron chi connectivity index (χ1n) is 7.73. The summed E-state index contributed by atoms with van der Waals surface area (Å²) in [6.07, 6.45) is 1.58. The third-order valence-corrected chi connectivity index (χ3v) is 2.98. The van der Waals surface area contributed by atoms with Gasteiger partial charge in [0.2, 0.25) is 5.95 Å².